The fourth-order valence-corrected chi connectivity index (χ4v) is 6.49. The summed E-state index contributed by atoms with van der Waals surface area (Å²) in [5.74, 6) is 0.519. The second-order valence-electron chi connectivity index (χ2n) is 10.9. The average molecular weight is 573 g/mol. The molecule has 0 radical (unpaired) electrons. The SMILES string of the molecule is CC[C@@H]1C[C@@H](O)/C=C/C[C@H](C)[C@@H](C)/[SH](=O)=N\C(=O)c2ccc3c(c2)N(Cc2ccc(Cl)cc2CCCCO3)C1. The van der Waals surface area contributed by atoms with Gasteiger partial charge in [0.1, 0.15) is 5.75 Å². The van der Waals surface area contributed by atoms with Gasteiger partial charge in [0.25, 0.3) is 5.91 Å². The molecule has 2 bridgehead atoms. The highest BCUT2D eigenvalue weighted by atomic mass is 35.5. The Morgan fingerprint density at radius 1 is 1.15 bits per heavy atom. The van der Waals surface area contributed by atoms with Gasteiger partial charge >= 0.3 is 0 Å². The molecule has 2 heterocycles. The van der Waals surface area contributed by atoms with Gasteiger partial charge in [-0.15, -0.1) is 0 Å². The van der Waals surface area contributed by atoms with Gasteiger partial charge in [-0.1, -0.05) is 50.1 Å². The summed E-state index contributed by atoms with van der Waals surface area (Å²) in [4.78, 5) is 15.5. The lowest BCUT2D eigenvalue weighted by Crippen LogP contribution is -2.31. The van der Waals surface area contributed by atoms with E-state index in [-0.39, 0.29) is 17.1 Å². The van der Waals surface area contributed by atoms with Gasteiger partial charge in [0.05, 0.1) is 18.4 Å². The van der Waals surface area contributed by atoms with Crippen molar-refractivity contribution in [3.8, 4) is 5.75 Å². The molecule has 4 rings (SSSR count). The molecule has 8 heteroatoms. The minimum Gasteiger partial charge on any atom is -0.491 e. The molecule has 39 heavy (non-hydrogen) atoms. The van der Waals surface area contributed by atoms with E-state index in [0.717, 1.165) is 36.4 Å². The molecular weight excluding hydrogens is 532 g/mol. The number of fused-ring (bicyclic) bond motifs is 2. The number of anilines is 1. The molecule has 1 amide bonds. The number of carbonyl (C=O) groups excluding carboxylic acids is 1. The van der Waals surface area contributed by atoms with Crippen molar-refractivity contribution < 1.29 is 18.8 Å². The van der Waals surface area contributed by atoms with E-state index >= 15 is 0 Å². The minimum absolute atomic E-state index is 0.0633. The predicted molar refractivity (Wildman–Crippen MR) is 160 cm³/mol. The Hall–Kier alpha value is -2.35. The van der Waals surface area contributed by atoms with Gasteiger partial charge in [-0.3, -0.25) is 9.00 Å². The zero-order valence-electron chi connectivity index (χ0n) is 23.2. The number of aliphatic hydroxyl groups is 1. The fourth-order valence-electron chi connectivity index (χ4n) is 5.26. The van der Waals surface area contributed by atoms with Gasteiger partial charge in [-0.05, 0) is 92.3 Å². The van der Waals surface area contributed by atoms with Gasteiger partial charge in [0, 0.05) is 39.5 Å². The lowest BCUT2D eigenvalue weighted by atomic mass is 9.95. The van der Waals surface area contributed by atoms with Crippen LogP contribution in [0.25, 0.3) is 0 Å². The molecule has 5 atom stereocenters. The summed E-state index contributed by atoms with van der Waals surface area (Å²) >= 11 is 6.38. The summed E-state index contributed by atoms with van der Waals surface area (Å²) < 4.78 is 23.4. The monoisotopic (exact) mass is 572 g/mol. The van der Waals surface area contributed by atoms with Crippen molar-refractivity contribution in [2.24, 2.45) is 16.2 Å². The zero-order chi connectivity index (χ0) is 27.9. The van der Waals surface area contributed by atoms with Gasteiger partial charge in [-0.25, -0.2) is 0 Å². The molecular formula is C31H41ClN2O4S. The average Bonchev–Trinajstić information content (AvgIpc) is 2.94. The van der Waals surface area contributed by atoms with E-state index in [1.807, 2.05) is 44.2 Å². The van der Waals surface area contributed by atoms with Gasteiger partial charge in [-0.2, -0.15) is 4.36 Å². The molecule has 6 nitrogen and oxygen atoms in total. The first-order valence-corrected chi connectivity index (χ1v) is 15.8. The first-order chi connectivity index (χ1) is 18.7. The number of allylic oxidation sites excluding steroid dienone is 1. The number of hydrogen-bond donors (Lipinski definition) is 2. The van der Waals surface area contributed by atoms with E-state index in [4.69, 9.17) is 16.3 Å². The number of benzene rings is 2. The van der Waals surface area contributed by atoms with Crippen molar-refractivity contribution in [1.29, 1.82) is 0 Å². The molecule has 0 fully saturated rings. The van der Waals surface area contributed by atoms with Crippen LogP contribution in [-0.2, 0) is 23.6 Å². The van der Waals surface area contributed by atoms with Crippen molar-refractivity contribution in [3.63, 3.8) is 0 Å². The number of nitrogens with zero attached hydrogens (tertiary/aromatic N) is 2. The maximum Gasteiger partial charge on any atom is 0.284 e. The Kier molecular flexibility index (Phi) is 10.5. The van der Waals surface area contributed by atoms with Gasteiger partial charge in [0.15, 0.2) is 0 Å². The second kappa shape index (κ2) is 13.8. The van der Waals surface area contributed by atoms with Crippen molar-refractivity contribution in [3.05, 3.63) is 70.3 Å². The van der Waals surface area contributed by atoms with Crippen LogP contribution in [0.3, 0.4) is 0 Å². The van der Waals surface area contributed by atoms with Crippen LogP contribution in [0.15, 0.2) is 52.9 Å². The van der Waals surface area contributed by atoms with Crippen LogP contribution in [0.4, 0.5) is 5.69 Å². The van der Waals surface area contributed by atoms with Crippen LogP contribution in [0.1, 0.15) is 74.4 Å². The summed E-state index contributed by atoms with van der Waals surface area (Å²) in [6.45, 7) is 7.88. The summed E-state index contributed by atoms with van der Waals surface area (Å²) in [6.07, 6.45) is 8.24. The first kappa shape index (κ1) is 29.6. The number of ether oxygens (including phenoxy) is 1. The van der Waals surface area contributed by atoms with E-state index in [1.165, 1.54) is 11.1 Å². The maximum absolute atomic E-state index is 13.2. The number of carbonyl (C=O) groups is 1. The highest BCUT2D eigenvalue weighted by molar-refractivity contribution is 7.76. The fraction of sp³-hybridized carbons (Fsp3) is 0.516. The summed E-state index contributed by atoms with van der Waals surface area (Å²) in [5, 5.41) is 11.3. The van der Waals surface area contributed by atoms with Crippen LogP contribution in [0, 0.1) is 11.8 Å². The lowest BCUT2D eigenvalue weighted by molar-refractivity contribution is 0.100. The second-order valence-corrected chi connectivity index (χ2v) is 13.0. The van der Waals surface area contributed by atoms with Crippen molar-refractivity contribution >= 4 is 33.8 Å². The van der Waals surface area contributed by atoms with E-state index < -0.39 is 22.6 Å². The highest BCUT2D eigenvalue weighted by Gasteiger charge is 2.23. The number of rotatable bonds is 1. The van der Waals surface area contributed by atoms with Gasteiger partial charge in [0.2, 0.25) is 0 Å². The summed E-state index contributed by atoms with van der Waals surface area (Å²) in [6, 6.07) is 11.5. The third-order valence-electron chi connectivity index (χ3n) is 8.03. The third kappa shape index (κ3) is 7.86. The lowest BCUT2D eigenvalue weighted by Gasteiger charge is -2.32. The Morgan fingerprint density at radius 2 is 1.97 bits per heavy atom. The Labute approximate surface area is 239 Å². The highest BCUT2D eigenvalue weighted by Crippen LogP contribution is 2.35. The molecule has 0 saturated carbocycles. The van der Waals surface area contributed by atoms with Crippen LogP contribution < -0.4 is 9.64 Å². The van der Waals surface area contributed by atoms with Crippen molar-refractivity contribution in [2.75, 3.05) is 18.1 Å². The van der Waals surface area contributed by atoms with E-state index in [9.17, 15) is 14.1 Å². The Bertz CT molecular complexity index is 1270. The van der Waals surface area contributed by atoms with E-state index in [2.05, 4.69) is 28.3 Å². The number of amides is 1. The van der Waals surface area contributed by atoms with Gasteiger partial charge < -0.3 is 14.7 Å². The number of hydrogen-bond acceptors (Lipinski definition) is 5. The largest absolute Gasteiger partial charge is 0.491 e. The van der Waals surface area contributed by atoms with E-state index in [0.29, 0.717) is 43.9 Å². The number of halogens is 1. The zero-order valence-corrected chi connectivity index (χ0v) is 24.8. The molecule has 0 aliphatic carbocycles. The molecule has 2 aromatic carbocycles. The molecule has 2 aromatic rings. The molecule has 2 aliphatic rings. The normalized spacial score (nSPS) is 28.3. The number of aliphatic hydroxyl groups excluding tert-OH is 1. The van der Waals surface area contributed by atoms with Crippen molar-refractivity contribution in [1.82, 2.24) is 0 Å². The third-order valence-corrected chi connectivity index (χ3v) is 9.85. The number of thiol groups is 1. The Morgan fingerprint density at radius 3 is 2.77 bits per heavy atom. The molecule has 0 spiro atoms. The molecule has 1 unspecified atom stereocenters. The minimum atomic E-state index is -2.08. The van der Waals surface area contributed by atoms with Crippen LogP contribution in [-0.4, -0.2) is 39.7 Å². The van der Waals surface area contributed by atoms with Crippen molar-refractivity contribution in [2.45, 2.75) is 77.2 Å². The molecule has 212 valence electrons. The topological polar surface area (TPSA) is 79.2 Å². The van der Waals surface area contributed by atoms with Crippen LogP contribution in [0.5, 0.6) is 5.75 Å². The predicted octanol–water partition coefficient (Wildman–Crippen LogP) is 6.63. The molecule has 0 aromatic heterocycles. The van der Waals surface area contributed by atoms with Crippen LogP contribution in [0.2, 0.25) is 5.02 Å². The van der Waals surface area contributed by atoms with E-state index in [1.54, 1.807) is 6.07 Å². The molecule has 2 aliphatic heterocycles. The first-order valence-electron chi connectivity index (χ1n) is 14.1. The quantitative estimate of drug-likeness (QED) is 0.296. The smallest absolute Gasteiger partial charge is 0.284 e. The Balaban J connectivity index is 1.84. The summed E-state index contributed by atoms with van der Waals surface area (Å²) in [5.41, 5.74) is 3.61. The number of aryl methyl sites for hydroxylation is 1. The summed E-state index contributed by atoms with van der Waals surface area (Å²) in [7, 11) is -2.08. The van der Waals surface area contributed by atoms with Crippen LogP contribution >= 0.6 is 11.6 Å². The molecule has 0 saturated heterocycles. The standard InChI is InChI=1S/C31H41ClN2O4S/c1-4-23-16-28(35)10-7-8-21(2)22(3)39(37)33-31(36)25-12-14-30-29(18-25)34(19-23)20-26-11-13-27(32)17-24(26)9-5-6-15-38-30/h7,10-14,17-18,21-23,28,35,39H,4-6,8-9,15-16,19-20H2,1-3H3/b10-7+/t21-,22+,23+,28-/m0/s1. The molecule has 1 N–H and O–H groups in total. The maximum atomic E-state index is 13.2.